The molecule has 4 rings (SSSR count). The molecule has 1 aliphatic rings. The number of unbranched alkanes of at least 4 members (excludes halogenated alkanes) is 4. The highest BCUT2D eigenvalue weighted by atomic mass is 32.1. The van der Waals surface area contributed by atoms with Crippen molar-refractivity contribution in [1.82, 2.24) is 19.5 Å². The Labute approximate surface area is 213 Å². The summed E-state index contributed by atoms with van der Waals surface area (Å²) in [5.41, 5.74) is 7.06. The van der Waals surface area contributed by atoms with E-state index in [2.05, 4.69) is 28.7 Å². The summed E-state index contributed by atoms with van der Waals surface area (Å²) in [7, 11) is 0. The highest BCUT2D eigenvalue weighted by molar-refractivity contribution is 7.13. The van der Waals surface area contributed by atoms with Gasteiger partial charge in [-0.05, 0) is 23.8 Å². The Hall–Kier alpha value is -3.49. The molecule has 1 saturated heterocycles. The van der Waals surface area contributed by atoms with Crippen LogP contribution in [0.25, 0.3) is 21.9 Å². The number of ether oxygens (including phenoxy) is 3. The summed E-state index contributed by atoms with van der Waals surface area (Å²) in [6.45, 7) is 4.79. The SMILES string of the molecule is CCCCCCC#Cc1nc(N)c2nc(-c3cccs3)n([C@@H]3OC[C@@H](OC(C)=O)[C@H]3OC(C)=O)c2n1. The zero-order valence-corrected chi connectivity index (χ0v) is 21.3. The van der Waals surface area contributed by atoms with Gasteiger partial charge in [-0.2, -0.15) is 0 Å². The molecule has 0 saturated carbocycles. The number of carbonyl (C=O) groups is 2. The van der Waals surface area contributed by atoms with Crippen LogP contribution in [-0.2, 0) is 23.8 Å². The van der Waals surface area contributed by atoms with Crippen molar-refractivity contribution in [2.24, 2.45) is 0 Å². The van der Waals surface area contributed by atoms with Crippen LogP contribution in [0.2, 0.25) is 0 Å². The van der Waals surface area contributed by atoms with E-state index in [1.165, 1.54) is 31.6 Å². The Balaban J connectivity index is 1.79. The number of rotatable bonds is 8. The van der Waals surface area contributed by atoms with Gasteiger partial charge < -0.3 is 19.9 Å². The highest BCUT2D eigenvalue weighted by Crippen LogP contribution is 2.38. The first kappa shape index (κ1) is 25.6. The van der Waals surface area contributed by atoms with Crippen molar-refractivity contribution in [1.29, 1.82) is 0 Å². The summed E-state index contributed by atoms with van der Waals surface area (Å²) in [5, 5.41) is 1.92. The largest absolute Gasteiger partial charge is 0.456 e. The molecule has 190 valence electrons. The Morgan fingerprint density at radius 1 is 1.19 bits per heavy atom. The molecule has 3 atom stereocenters. The van der Waals surface area contributed by atoms with Crippen LogP contribution in [0.5, 0.6) is 0 Å². The molecule has 3 aromatic rings. The van der Waals surface area contributed by atoms with E-state index in [-0.39, 0.29) is 18.2 Å². The molecule has 0 bridgehead atoms. The Morgan fingerprint density at radius 3 is 2.69 bits per heavy atom. The number of nitrogens with two attached hydrogens (primary N) is 1. The first-order chi connectivity index (χ1) is 17.4. The standard InChI is InChI=1S/C25H29N5O5S/c1-4-5-6-7-8-9-12-19-27-22(26)20-24(28-19)30(23(29-20)18-11-10-13-36-18)25-21(35-16(3)32)17(14-33-25)34-15(2)31/h10-11,13,17,21,25H,4-8,14H2,1-3H3,(H2,26,27,28)/t17-,21-,25-/m1/s1. The predicted octanol–water partition coefficient (Wildman–Crippen LogP) is 3.85. The molecule has 0 aliphatic carbocycles. The summed E-state index contributed by atoms with van der Waals surface area (Å²) >= 11 is 1.48. The van der Waals surface area contributed by atoms with Crippen molar-refractivity contribution in [2.45, 2.75) is 71.3 Å². The molecule has 0 amide bonds. The van der Waals surface area contributed by atoms with E-state index >= 15 is 0 Å². The third kappa shape index (κ3) is 5.66. The maximum Gasteiger partial charge on any atom is 0.303 e. The number of anilines is 1. The van der Waals surface area contributed by atoms with Crippen molar-refractivity contribution in [2.75, 3.05) is 12.3 Å². The molecule has 0 unspecified atom stereocenters. The number of carbonyl (C=O) groups excluding carboxylic acids is 2. The zero-order chi connectivity index (χ0) is 25.7. The predicted molar refractivity (Wildman–Crippen MR) is 135 cm³/mol. The molecular weight excluding hydrogens is 482 g/mol. The van der Waals surface area contributed by atoms with Gasteiger partial charge in [0, 0.05) is 20.3 Å². The van der Waals surface area contributed by atoms with Crippen molar-refractivity contribution in [3.05, 3.63) is 23.3 Å². The topological polar surface area (TPSA) is 131 Å². The second kappa shape index (κ2) is 11.5. The molecule has 2 N–H and O–H groups in total. The van der Waals surface area contributed by atoms with Gasteiger partial charge in [-0.3, -0.25) is 14.2 Å². The molecular formula is C25H29N5O5S. The summed E-state index contributed by atoms with van der Waals surface area (Å²) in [6, 6.07) is 3.80. The van der Waals surface area contributed by atoms with Crippen LogP contribution in [0.15, 0.2) is 17.5 Å². The number of hydrogen-bond acceptors (Lipinski definition) is 10. The molecule has 10 nitrogen and oxygen atoms in total. The number of thiophene rings is 1. The van der Waals surface area contributed by atoms with Crippen LogP contribution in [0, 0.1) is 11.8 Å². The molecule has 36 heavy (non-hydrogen) atoms. The minimum atomic E-state index is -0.910. The first-order valence-electron chi connectivity index (χ1n) is 11.9. The summed E-state index contributed by atoms with van der Waals surface area (Å²) < 4.78 is 18.7. The lowest BCUT2D eigenvalue weighted by Gasteiger charge is -2.24. The van der Waals surface area contributed by atoms with Crippen molar-refractivity contribution < 1.29 is 23.8 Å². The average Bonchev–Trinajstić information content (AvgIpc) is 3.55. The monoisotopic (exact) mass is 511 g/mol. The zero-order valence-electron chi connectivity index (χ0n) is 20.5. The molecule has 1 aliphatic heterocycles. The number of imidazole rings is 1. The molecule has 0 radical (unpaired) electrons. The smallest absolute Gasteiger partial charge is 0.303 e. The van der Waals surface area contributed by atoms with Crippen LogP contribution in [0.4, 0.5) is 5.82 Å². The lowest BCUT2D eigenvalue weighted by atomic mass is 10.2. The molecule has 4 heterocycles. The first-order valence-corrected chi connectivity index (χ1v) is 12.8. The fourth-order valence-electron chi connectivity index (χ4n) is 4.08. The summed E-state index contributed by atoms with van der Waals surface area (Å²) in [5.74, 6) is 6.08. The molecule has 3 aromatic heterocycles. The van der Waals surface area contributed by atoms with Crippen molar-refractivity contribution in [3.8, 4) is 22.5 Å². The maximum absolute atomic E-state index is 11.9. The number of nitrogen functional groups attached to an aromatic ring is 1. The third-order valence-corrected chi connectivity index (χ3v) is 6.48. The third-order valence-electron chi connectivity index (χ3n) is 5.62. The van der Waals surface area contributed by atoms with Crippen LogP contribution < -0.4 is 5.73 Å². The van der Waals surface area contributed by atoms with Gasteiger partial charge in [-0.1, -0.05) is 38.2 Å². The van der Waals surface area contributed by atoms with Gasteiger partial charge in [0.15, 0.2) is 41.2 Å². The minimum absolute atomic E-state index is 0.0384. The number of hydrogen-bond donors (Lipinski definition) is 1. The van der Waals surface area contributed by atoms with Crippen LogP contribution in [0.3, 0.4) is 0 Å². The average molecular weight is 512 g/mol. The van der Waals surface area contributed by atoms with E-state index in [0.29, 0.717) is 17.0 Å². The normalized spacial score (nSPS) is 19.1. The Kier molecular flexibility index (Phi) is 8.18. The minimum Gasteiger partial charge on any atom is -0.456 e. The van der Waals surface area contributed by atoms with E-state index in [1.54, 1.807) is 4.57 Å². The van der Waals surface area contributed by atoms with E-state index in [0.717, 1.165) is 30.6 Å². The number of nitrogens with zero attached hydrogens (tertiary/aromatic N) is 4. The highest BCUT2D eigenvalue weighted by Gasteiger charge is 2.45. The Morgan fingerprint density at radius 2 is 2.00 bits per heavy atom. The number of fused-ring (bicyclic) bond motifs is 1. The van der Waals surface area contributed by atoms with Crippen molar-refractivity contribution >= 4 is 40.3 Å². The van der Waals surface area contributed by atoms with Crippen LogP contribution in [-0.4, -0.2) is 50.3 Å². The lowest BCUT2D eigenvalue weighted by molar-refractivity contribution is -0.164. The van der Waals surface area contributed by atoms with E-state index < -0.39 is 30.4 Å². The lowest BCUT2D eigenvalue weighted by Crippen LogP contribution is -2.36. The van der Waals surface area contributed by atoms with Gasteiger partial charge >= 0.3 is 11.9 Å². The van der Waals surface area contributed by atoms with Gasteiger partial charge in [0.05, 0.1) is 11.5 Å². The van der Waals surface area contributed by atoms with Crippen LogP contribution in [0.1, 0.15) is 64.9 Å². The van der Waals surface area contributed by atoms with Gasteiger partial charge in [0.25, 0.3) is 0 Å². The van der Waals surface area contributed by atoms with E-state index in [4.69, 9.17) is 24.9 Å². The van der Waals surface area contributed by atoms with Gasteiger partial charge in [-0.25, -0.2) is 15.0 Å². The molecule has 0 spiro atoms. The van der Waals surface area contributed by atoms with Gasteiger partial charge in [0.2, 0.25) is 5.82 Å². The second-order valence-corrected chi connectivity index (χ2v) is 9.39. The Bertz CT molecular complexity index is 1290. The maximum atomic E-state index is 11.9. The van der Waals surface area contributed by atoms with Gasteiger partial charge in [0.1, 0.15) is 0 Å². The number of aromatic nitrogens is 4. The molecule has 1 fully saturated rings. The molecule has 0 aromatic carbocycles. The fourth-order valence-corrected chi connectivity index (χ4v) is 4.79. The van der Waals surface area contributed by atoms with Gasteiger partial charge in [-0.15, -0.1) is 11.3 Å². The van der Waals surface area contributed by atoms with E-state index in [9.17, 15) is 9.59 Å². The van der Waals surface area contributed by atoms with E-state index in [1.807, 2.05) is 17.5 Å². The summed E-state index contributed by atoms with van der Waals surface area (Å²) in [6.07, 6.45) is 2.67. The summed E-state index contributed by atoms with van der Waals surface area (Å²) in [4.78, 5) is 38.2. The van der Waals surface area contributed by atoms with Crippen LogP contribution >= 0.6 is 11.3 Å². The van der Waals surface area contributed by atoms with Crippen molar-refractivity contribution in [3.63, 3.8) is 0 Å². The quantitative estimate of drug-likeness (QED) is 0.272. The second-order valence-electron chi connectivity index (χ2n) is 8.45. The fraction of sp³-hybridized carbons (Fsp3) is 0.480. The number of esters is 2. The molecule has 11 heteroatoms.